The van der Waals surface area contributed by atoms with Crippen LogP contribution in [0.4, 0.5) is 10.1 Å². The second-order valence-electron chi connectivity index (χ2n) is 4.89. The number of hydrogen-bond donors (Lipinski definition) is 3. The van der Waals surface area contributed by atoms with Crippen LogP contribution in [0.25, 0.3) is 0 Å². The molecule has 0 saturated carbocycles. The van der Waals surface area contributed by atoms with E-state index in [1.165, 1.54) is 18.7 Å². The van der Waals surface area contributed by atoms with Crippen LogP contribution < -0.4 is 10.5 Å². The number of nitrogens with one attached hydrogen (secondary N) is 1. The Morgan fingerprint density at radius 3 is 2.65 bits per heavy atom. The summed E-state index contributed by atoms with van der Waals surface area (Å²) in [6, 6.07) is 2.15. The van der Waals surface area contributed by atoms with Gasteiger partial charge in [-0.1, -0.05) is 0 Å². The molecule has 8 heteroatoms. The van der Waals surface area contributed by atoms with Crippen LogP contribution in [0.1, 0.15) is 12.5 Å². The molecule has 1 aromatic rings. The van der Waals surface area contributed by atoms with Gasteiger partial charge in [0.25, 0.3) is 0 Å². The number of hydrogen-bond acceptors (Lipinski definition) is 5. The Hall–Kier alpha value is -0.830. The standard InChI is InChI=1S/C12H19FN2O3S2/c1-8-4-9(13)11(5-10(8)14)20(17,18)15-6-12(2,16)7-19-3/h4-5,15-16H,6-7,14H2,1-3H3. The van der Waals surface area contributed by atoms with Gasteiger partial charge in [-0.15, -0.1) is 0 Å². The van der Waals surface area contributed by atoms with Crippen molar-refractivity contribution in [2.75, 3.05) is 24.3 Å². The molecule has 0 aliphatic rings. The van der Waals surface area contributed by atoms with E-state index in [0.717, 1.165) is 12.1 Å². The summed E-state index contributed by atoms with van der Waals surface area (Å²) in [4.78, 5) is -0.513. The Morgan fingerprint density at radius 2 is 2.10 bits per heavy atom. The minimum Gasteiger partial charge on any atom is -0.398 e. The zero-order valence-corrected chi connectivity index (χ0v) is 13.2. The molecule has 0 heterocycles. The van der Waals surface area contributed by atoms with Crippen LogP contribution in [0, 0.1) is 12.7 Å². The fraction of sp³-hybridized carbons (Fsp3) is 0.500. The highest BCUT2D eigenvalue weighted by molar-refractivity contribution is 7.98. The largest absolute Gasteiger partial charge is 0.398 e. The minimum absolute atomic E-state index is 0.197. The monoisotopic (exact) mass is 322 g/mol. The zero-order chi connectivity index (χ0) is 15.6. The van der Waals surface area contributed by atoms with Crippen LogP contribution >= 0.6 is 11.8 Å². The van der Waals surface area contributed by atoms with E-state index < -0.39 is 26.3 Å². The van der Waals surface area contributed by atoms with Crippen molar-refractivity contribution in [1.82, 2.24) is 4.72 Å². The summed E-state index contributed by atoms with van der Waals surface area (Å²) in [5.74, 6) is -0.512. The highest BCUT2D eigenvalue weighted by atomic mass is 32.2. The lowest BCUT2D eigenvalue weighted by Gasteiger charge is -2.22. The van der Waals surface area contributed by atoms with Crippen molar-refractivity contribution >= 4 is 27.5 Å². The summed E-state index contributed by atoms with van der Waals surface area (Å²) < 4.78 is 40.0. The third-order valence-corrected chi connectivity index (χ3v) is 5.04. The molecule has 0 fully saturated rings. The van der Waals surface area contributed by atoms with Crippen molar-refractivity contribution in [1.29, 1.82) is 0 Å². The van der Waals surface area contributed by atoms with E-state index in [4.69, 9.17) is 5.73 Å². The van der Waals surface area contributed by atoms with Crippen LogP contribution in [0.2, 0.25) is 0 Å². The number of benzene rings is 1. The lowest BCUT2D eigenvalue weighted by Crippen LogP contribution is -2.42. The van der Waals surface area contributed by atoms with Gasteiger partial charge in [-0.2, -0.15) is 11.8 Å². The molecule has 5 nitrogen and oxygen atoms in total. The van der Waals surface area contributed by atoms with Gasteiger partial charge in [-0.3, -0.25) is 0 Å². The van der Waals surface area contributed by atoms with Crippen LogP contribution in [-0.2, 0) is 10.0 Å². The van der Waals surface area contributed by atoms with Gasteiger partial charge < -0.3 is 10.8 Å². The number of sulfonamides is 1. The molecule has 0 aliphatic heterocycles. The number of halogens is 1. The van der Waals surface area contributed by atoms with Crippen molar-refractivity contribution in [2.45, 2.75) is 24.3 Å². The smallest absolute Gasteiger partial charge is 0.243 e. The molecule has 0 aliphatic carbocycles. The minimum atomic E-state index is -4.06. The number of nitrogen functional groups attached to an aromatic ring is 1. The number of nitrogens with two attached hydrogens (primary N) is 1. The van der Waals surface area contributed by atoms with E-state index in [1.54, 1.807) is 13.2 Å². The average Bonchev–Trinajstić information content (AvgIpc) is 2.31. The van der Waals surface area contributed by atoms with Gasteiger partial charge in [0.05, 0.1) is 5.60 Å². The van der Waals surface area contributed by atoms with Crippen LogP contribution in [-0.4, -0.2) is 37.7 Å². The highest BCUT2D eigenvalue weighted by Crippen LogP contribution is 2.21. The maximum atomic E-state index is 13.8. The molecule has 20 heavy (non-hydrogen) atoms. The molecule has 0 radical (unpaired) electrons. The lowest BCUT2D eigenvalue weighted by molar-refractivity contribution is 0.0908. The van der Waals surface area contributed by atoms with Gasteiger partial charge in [0.15, 0.2) is 0 Å². The Kier molecular flexibility index (Phi) is 5.42. The van der Waals surface area contributed by atoms with E-state index in [1.807, 2.05) is 0 Å². The van der Waals surface area contributed by atoms with Crippen LogP contribution in [0.3, 0.4) is 0 Å². The SMILES string of the molecule is CSCC(C)(O)CNS(=O)(=O)c1cc(N)c(C)cc1F. The molecule has 114 valence electrons. The number of rotatable bonds is 6. The van der Waals surface area contributed by atoms with Crippen molar-refractivity contribution in [3.8, 4) is 0 Å². The number of aliphatic hydroxyl groups is 1. The molecule has 0 amide bonds. The Labute approximate surface area is 122 Å². The molecule has 0 bridgehead atoms. The summed E-state index contributed by atoms with van der Waals surface area (Å²) in [5.41, 5.74) is 5.06. The molecule has 0 aromatic heterocycles. The third-order valence-electron chi connectivity index (χ3n) is 2.71. The fourth-order valence-electron chi connectivity index (χ4n) is 1.56. The fourth-order valence-corrected chi connectivity index (χ4v) is 3.54. The van der Waals surface area contributed by atoms with Gasteiger partial charge in [0.1, 0.15) is 10.7 Å². The normalized spacial score (nSPS) is 15.1. The van der Waals surface area contributed by atoms with Gasteiger partial charge >= 0.3 is 0 Å². The molecular formula is C12H19FN2O3S2. The first kappa shape index (κ1) is 17.2. The van der Waals surface area contributed by atoms with E-state index in [2.05, 4.69) is 4.72 Å². The predicted octanol–water partition coefficient (Wildman–Crippen LogP) is 1.11. The Morgan fingerprint density at radius 1 is 1.50 bits per heavy atom. The summed E-state index contributed by atoms with van der Waals surface area (Å²) >= 11 is 1.38. The van der Waals surface area contributed by atoms with Crippen LogP contribution in [0.5, 0.6) is 0 Å². The molecule has 1 rings (SSSR count). The van der Waals surface area contributed by atoms with E-state index in [0.29, 0.717) is 11.3 Å². The third kappa shape index (κ3) is 4.34. The molecule has 1 atom stereocenters. The maximum absolute atomic E-state index is 13.8. The predicted molar refractivity (Wildman–Crippen MR) is 79.7 cm³/mol. The Balaban J connectivity index is 2.98. The van der Waals surface area contributed by atoms with Gasteiger partial charge in [0.2, 0.25) is 10.0 Å². The maximum Gasteiger partial charge on any atom is 0.243 e. The number of aryl methyl sites for hydroxylation is 1. The first-order chi connectivity index (χ1) is 9.09. The molecule has 4 N–H and O–H groups in total. The summed E-state index contributed by atoms with van der Waals surface area (Å²) in [6.45, 7) is 2.89. The first-order valence-corrected chi connectivity index (χ1v) is 8.73. The van der Waals surface area contributed by atoms with Crippen molar-refractivity contribution in [3.05, 3.63) is 23.5 Å². The van der Waals surface area contributed by atoms with E-state index in [9.17, 15) is 17.9 Å². The molecule has 1 aromatic carbocycles. The summed E-state index contributed by atoms with van der Waals surface area (Å²) in [5, 5.41) is 9.93. The molecule has 0 spiro atoms. The second-order valence-corrected chi connectivity index (χ2v) is 7.50. The summed E-state index contributed by atoms with van der Waals surface area (Å²) in [6.07, 6.45) is 1.79. The van der Waals surface area contributed by atoms with Gasteiger partial charge in [-0.05, 0) is 37.8 Å². The molecule has 0 saturated heterocycles. The molecule has 1 unspecified atom stereocenters. The summed E-state index contributed by atoms with van der Waals surface area (Å²) in [7, 11) is -4.06. The van der Waals surface area contributed by atoms with Crippen molar-refractivity contribution in [2.24, 2.45) is 0 Å². The zero-order valence-electron chi connectivity index (χ0n) is 11.6. The first-order valence-electron chi connectivity index (χ1n) is 5.86. The Bertz CT molecular complexity index is 589. The molecular weight excluding hydrogens is 303 g/mol. The highest BCUT2D eigenvalue weighted by Gasteiger charge is 2.26. The van der Waals surface area contributed by atoms with E-state index in [-0.39, 0.29) is 12.2 Å². The number of anilines is 1. The van der Waals surface area contributed by atoms with Gasteiger partial charge in [0, 0.05) is 18.0 Å². The topological polar surface area (TPSA) is 92.4 Å². The van der Waals surface area contributed by atoms with Crippen molar-refractivity contribution < 1.29 is 17.9 Å². The quantitative estimate of drug-likeness (QED) is 0.682. The average molecular weight is 322 g/mol. The van der Waals surface area contributed by atoms with Crippen LogP contribution in [0.15, 0.2) is 17.0 Å². The van der Waals surface area contributed by atoms with Crippen molar-refractivity contribution in [3.63, 3.8) is 0 Å². The lowest BCUT2D eigenvalue weighted by atomic mass is 10.1. The number of thioether (sulfide) groups is 1. The second kappa shape index (κ2) is 6.30. The van der Waals surface area contributed by atoms with E-state index >= 15 is 0 Å². The van der Waals surface area contributed by atoms with Gasteiger partial charge in [-0.25, -0.2) is 17.5 Å².